The standard InChI is InChI=1S/C12H12Br2N4O/c1-7-2-9(13)12(10(14)3-7)18-6-8(4-11(18)19)5-16-17-15/h2-3,8H,4-6H2,1H3. The molecule has 5 nitrogen and oxygen atoms in total. The number of aryl methyl sites for hydroxylation is 1. The van der Waals surface area contributed by atoms with Crippen LogP contribution in [0.3, 0.4) is 0 Å². The number of rotatable bonds is 3. The van der Waals surface area contributed by atoms with Crippen LogP contribution >= 0.6 is 31.9 Å². The molecule has 0 saturated carbocycles. The highest BCUT2D eigenvalue weighted by atomic mass is 79.9. The molecule has 1 atom stereocenters. The molecule has 1 aliphatic rings. The molecule has 19 heavy (non-hydrogen) atoms. The Bertz CT molecular complexity index is 546. The van der Waals surface area contributed by atoms with E-state index in [4.69, 9.17) is 5.53 Å². The van der Waals surface area contributed by atoms with Crippen LogP contribution in [0.15, 0.2) is 26.2 Å². The molecule has 1 unspecified atom stereocenters. The van der Waals surface area contributed by atoms with Gasteiger partial charge in [-0.3, -0.25) is 4.79 Å². The molecular formula is C12H12Br2N4O. The summed E-state index contributed by atoms with van der Waals surface area (Å²) in [5, 5.41) is 3.55. The summed E-state index contributed by atoms with van der Waals surface area (Å²) in [5.74, 6) is 0.145. The van der Waals surface area contributed by atoms with Gasteiger partial charge >= 0.3 is 0 Å². The molecule has 0 N–H and O–H groups in total. The zero-order valence-corrected chi connectivity index (χ0v) is 13.5. The average molecular weight is 388 g/mol. The molecule has 1 amide bonds. The Morgan fingerprint density at radius 2 is 2.11 bits per heavy atom. The lowest BCUT2D eigenvalue weighted by Crippen LogP contribution is -2.25. The molecular weight excluding hydrogens is 376 g/mol. The van der Waals surface area contributed by atoms with Crippen molar-refractivity contribution in [2.75, 3.05) is 18.0 Å². The summed E-state index contributed by atoms with van der Waals surface area (Å²) in [6.45, 7) is 2.94. The molecule has 1 aliphatic heterocycles. The monoisotopic (exact) mass is 386 g/mol. The highest BCUT2D eigenvalue weighted by molar-refractivity contribution is 9.11. The van der Waals surface area contributed by atoms with Gasteiger partial charge in [-0.1, -0.05) is 5.11 Å². The number of nitrogens with zero attached hydrogens (tertiary/aromatic N) is 4. The lowest BCUT2D eigenvalue weighted by molar-refractivity contribution is -0.117. The van der Waals surface area contributed by atoms with Crippen molar-refractivity contribution in [3.63, 3.8) is 0 Å². The smallest absolute Gasteiger partial charge is 0.227 e. The molecule has 1 heterocycles. The van der Waals surface area contributed by atoms with Gasteiger partial charge in [-0.25, -0.2) is 0 Å². The predicted octanol–water partition coefficient (Wildman–Crippen LogP) is 4.18. The van der Waals surface area contributed by atoms with E-state index < -0.39 is 0 Å². The number of benzene rings is 1. The van der Waals surface area contributed by atoms with Crippen LogP contribution in [0.1, 0.15) is 12.0 Å². The molecule has 2 rings (SSSR count). The fraction of sp³-hybridized carbons (Fsp3) is 0.417. The predicted molar refractivity (Wildman–Crippen MR) is 81.1 cm³/mol. The van der Waals surface area contributed by atoms with Gasteiger partial charge in [-0.15, -0.1) is 0 Å². The van der Waals surface area contributed by atoms with Crippen molar-refractivity contribution in [1.82, 2.24) is 0 Å². The SMILES string of the molecule is Cc1cc(Br)c(N2CC(CN=[N+]=[N-])CC2=O)c(Br)c1. The van der Waals surface area contributed by atoms with Gasteiger partial charge in [0.25, 0.3) is 0 Å². The zero-order valence-electron chi connectivity index (χ0n) is 10.3. The maximum atomic E-state index is 12.1. The van der Waals surface area contributed by atoms with Gasteiger partial charge < -0.3 is 4.90 Å². The lowest BCUT2D eigenvalue weighted by atomic mass is 10.1. The molecule has 1 aromatic carbocycles. The van der Waals surface area contributed by atoms with Crippen molar-refractivity contribution < 1.29 is 4.79 Å². The van der Waals surface area contributed by atoms with Gasteiger partial charge in [0, 0.05) is 33.4 Å². The minimum atomic E-state index is 0.0587. The Morgan fingerprint density at radius 3 is 2.68 bits per heavy atom. The molecule has 7 heteroatoms. The van der Waals surface area contributed by atoms with E-state index in [0.29, 0.717) is 19.5 Å². The van der Waals surface area contributed by atoms with Crippen LogP contribution in [0.4, 0.5) is 5.69 Å². The van der Waals surface area contributed by atoms with Crippen LogP contribution in [0, 0.1) is 12.8 Å². The van der Waals surface area contributed by atoms with Gasteiger partial charge in [0.05, 0.1) is 5.69 Å². The van der Waals surface area contributed by atoms with Gasteiger partial charge in [-0.05, 0) is 67.9 Å². The first kappa shape index (κ1) is 14.4. The van der Waals surface area contributed by atoms with Crippen LogP contribution < -0.4 is 4.90 Å². The fourth-order valence-corrected chi connectivity index (χ4v) is 4.07. The number of amides is 1. The maximum Gasteiger partial charge on any atom is 0.227 e. The highest BCUT2D eigenvalue weighted by Crippen LogP contribution is 2.38. The molecule has 0 bridgehead atoms. The van der Waals surface area contributed by atoms with Gasteiger partial charge in [-0.2, -0.15) is 0 Å². The largest absolute Gasteiger partial charge is 0.310 e. The molecule has 1 fully saturated rings. The lowest BCUT2D eigenvalue weighted by Gasteiger charge is -2.20. The van der Waals surface area contributed by atoms with Crippen LogP contribution in [0.2, 0.25) is 0 Å². The Labute approximate surface area is 127 Å². The Morgan fingerprint density at radius 1 is 1.47 bits per heavy atom. The zero-order chi connectivity index (χ0) is 14.0. The number of halogens is 2. The third kappa shape index (κ3) is 3.11. The molecule has 0 aromatic heterocycles. The Hall–Kier alpha value is -1.04. The molecule has 1 saturated heterocycles. The number of hydrogen-bond donors (Lipinski definition) is 0. The highest BCUT2D eigenvalue weighted by Gasteiger charge is 2.32. The third-order valence-electron chi connectivity index (χ3n) is 3.04. The summed E-state index contributed by atoms with van der Waals surface area (Å²) in [4.78, 5) is 16.6. The summed E-state index contributed by atoms with van der Waals surface area (Å²) in [6, 6.07) is 3.96. The molecule has 100 valence electrons. The van der Waals surface area contributed by atoms with Crippen molar-refractivity contribution in [3.05, 3.63) is 37.1 Å². The van der Waals surface area contributed by atoms with Crippen molar-refractivity contribution in [2.45, 2.75) is 13.3 Å². The fourth-order valence-electron chi connectivity index (χ4n) is 2.22. The van der Waals surface area contributed by atoms with E-state index in [1.54, 1.807) is 4.90 Å². The van der Waals surface area contributed by atoms with Crippen molar-refractivity contribution in [1.29, 1.82) is 0 Å². The van der Waals surface area contributed by atoms with E-state index in [-0.39, 0.29) is 11.8 Å². The maximum absolute atomic E-state index is 12.1. The summed E-state index contributed by atoms with van der Waals surface area (Å²) in [5.41, 5.74) is 10.3. The molecule has 0 aliphatic carbocycles. The summed E-state index contributed by atoms with van der Waals surface area (Å²) in [6.07, 6.45) is 0.422. The second-order valence-electron chi connectivity index (χ2n) is 4.57. The molecule has 1 aromatic rings. The van der Waals surface area contributed by atoms with Gasteiger partial charge in [0.2, 0.25) is 5.91 Å². The van der Waals surface area contributed by atoms with E-state index in [1.807, 2.05) is 19.1 Å². The van der Waals surface area contributed by atoms with Gasteiger partial charge in [0.15, 0.2) is 0 Å². The summed E-state index contributed by atoms with van der Waals surface area (Å²) in [7, 11) is 0. The van der Waals surface area contributed by atoms with E-state index in [9.17, 15) is 4.79 Å². The van der Waals surface area contributed by atoms with Crippen molar-refractivity contribution >= 4 is 43.5 Å². The summed E-state index contributed by atoms with van der Waals surface area (Å²) < 4.78 is 1.77. The number of hydrogen-bond acceptors (Lipinski definition) is 2. The molecule has 0 spiro atoms. The first-order valence-corrected chi connectivity index (χ1v) is 7.38. The molecule has 0 radical (unpaired) electrons. The summed E-state index contributed by atoms with van der Waals surface area (Å²) >= 11 is 7.00. The first-order valence-electron chi connectivity index (χ1n) is 5.79. The Kier molecular flexibility index (Phi) is 4.50. The van der Waals surface area contributed by atoms with Crippen LogP contribution in [0.5, 0.6) is 0 Å². The normalized spacial score (nSPS) is 18.6. The number of azide groups is 1. The number of anilines is 1. The minimum absolute atomic E-state index is 0.0587. The second kappa shape index (κ2) is 5.94. The number of carbonyl (C=O) groups is 1. The van der Waals surface area contributed by atoms with Crippen LogP contribution in [-0.2, 0) is 4.79 Å². The third-order valence-corrected chi connectivity index (χ3v) is 4.25. The van der Waals surface area contributed by atoms with Gasteiger partial charge in [0.1, 0.15) is 0 Å². The van der Waals surface area contributed by atoms with Crippen molar-refractivity contribution in [3.8, 4) is 0 Å². The van der Waals surface area contributed by atoms with E-state index >= 15 is 0 Å². The van der Waals surface area contributed by atoms with E-state index in [2.05, 4.69) is 41.9 Å². The topological polar surface area (TPSA) is 69.1 Å². The van der Waals surface area contributed by atoms with Crippen molar-refractivity contribution in [2.24, 2.45) is 11.0 Å². The Balaban J connectivity index is 2.28. The quantitative estimate of drug-likeness (QED) is 0.435. The average Bonchev–Trinajstić information content (AvgIpc) is 2.67. The number of carbonyl (C=O) groups excluding carboxylic acids is 1. The minimum Gasteiger partial charge on any atom is -0.310 e. The van der Waals surface area contributed by atoms with Crippen LogP contribution in [-0.4, -0.2) is 19.0 Å². The first-order chi connectivity index (χ1) is 9.02. The van der Waals surface area contributed by atoms with E-state index in [1.165, 1.54) is 0 Å². The van der Waals surface area contributed by atoms with E-state index in [0.717, 1.165) is 20.2 Å². The van der Waals surface area contributed by atoms with Crippen LogP contribution in [0.25, 0.3) is 10.4 Å². The second-order valence-corrected chi connectivity index (χ2v) is 6.27.